The van der Waals surface area contributed by atoms with Crippen molar-refractivity contribution < 1.29 is 41.1 Å². The highest BCUT2D eigenvalue weighted by Crippen LogP contribution is 2.36. The first-order valence-electron chi connectivity index (χ1n) is 9.06. The molecular weight excluding hydrogens is 453 g/mol. The van der Waals surface area contributed by atoms with Crippen LogP contribution in [0.2, 0.25) is 0 Å². The third kappa shape index (κ3) is 4.10. The van der Waals surface area contributed by atoms with Crippen LogP contribution in [0.1, 0.15) is 35.3 Å². The van der Waals surface area contributed by atoms with Crippen LogP contribution in [0, 0.1) is 0 Å². The van der Waals surface area contributed by atoms with E-state index in [0.29, 0.717) is 0 Å². The molecule has 0 bridgehead atoms. The lowest BCUT2D eigenvalue weighted by molar-refractivity contribution is -0.242. The third-order valence-corrected chi connectivity index (χ3v) is 6.55. The zero-order valence-electron chi connectivity index (χ0n) is 16.7. The lowest BCUT2D eigenvalue weighted by Crippen LogP contribution is -2.52. The van der Waals surface area contributed by atoms with Gasteiger partial charge < -0.3 is 15.7 Å². The van der Waals surface area contributed by atoms with Crippen LogP contribution in [0.15, 0.2) is 41.3 Å². The number of aliphatic hydroxyl groups is 1. The summed E-state index contributed by atoms with van der Waals surface area (Å²) >= 11 is 0. The Bertz CT molecular complexity index is 1250. The third-order valence-electron chi connectivity index (χ3n) is 4.85. The van der Waals surface area contributed by atoms with Gasteiger partial charge >= 0.3 is 6.18 Å². The van der Waals surface area contributed by atoms with Crippen LogP contribution in [0.4, 0.5) is 24.5 Å². The highest BCUT2D eigenvalue weighted by Gasteiger charge is 2.56. The standard InChI is InChI=1S/C20H17F3N2O6S/c1-10(26)24-12-6-7-13-11(8-12)9-32(30,31)15-5-3-4-14(16(15)17(13)27)25-18(28)19(2,29)20(21,22)23/h3-8,29H,9H2,1-2H3,(H,24,26)(H,25,28). The van der Waals surface area contributed by atoms with Gasteiger partial charge in [0.25, 0.3) is 5.91 Å². The van der Waals surface area contributed by atoms with Crippen LogP contribution in [0.5, 0.6) is 0 Å². The number of fused-ring (bicyclic) bond motifs is 2. The smallest absolute Gasteiger partial charge is 0.373 e. The number of anilines is 2. The van der Waals surface area contributed by atoms with E-state index in [1.807, 2.05) is 5.32 Å². The highest BCUT2D eigenvalue weighted by atomic mass is 32.2. The maximum Gasteiger partial charge on any atom is 0.426 e. The minimum atomic E-state index is -5.31. The van der Waals surface area contributed by atoms with E-state index in [-0.39, 0.29) is 23.7 Å². The van der Waals surface area contributed by atoms with Gasteiger partial charge in [-0.15, -0.1) is 0 Å². The molecule has 2 aromatic carbocycles. The molecule has 2 amide bonds. The predicted molar refractivity (Wildman–Crippen MR) is 107 cm³/mol. The molecule has 0 aromatic heterocycles. The number of carbonyl (C=O) groups is 3. The van der Waals surface area contributed by atoms with Crippen LogP contribution in [-0.4, -0.2) is 42.9 Å². The van der Waals surface area contributed by atoms with Crippen LogP contribution in [0.25, 0.3) is 0 Å². The van der Waals surface area contributed by atoms with Gasteiger partial charge in [0.15, 0.2) is 15.6 Å². The molecule has 2 aromatic rings. The molecule has 0 aliphatic carbocycles. The maximum absolute atomic E-state index is 13.2. The number of hydrogen-bond acceptors (Lipinski definition) is 6. The molecule has 170 valence electrons. The zero-order valence-corrected chi connectivity index (χ0v) is 17.5. The molecule has 0 saturated heterocycles. The summed E-state index contributed by atoms with van der Waals surface area (Å²) in [5, 5.41) is 13.9. The van der Waals surface area contributed by atoms with E-state index in [9.17, 15) is 41.1 Å². The molecule has 12 heteroatoms. The SMILES string of the molecule is CC(=O)Nc1ccc2c(c1)CS(=O)(=O)c1cccc(NC(=O)C(C)(O)C(F)(F)F)c1C2=O. The van der Waals surface area contributed by atoms with Crippen molar-refractivity contribution in [3.8, 4) is 0 Å². The predicted octanol–water partition coefficient (Wildman–Crippen LogP) is 2.42. The second-order valence-electron chi connectivity index (χ2n) is 7.34. The van der Waals surface area contributed by atoms with Gasteiger partial charge in [-0.25, -0.2) is 8.42 Å². The molecule has 1 aliphatic heterocycles. The lowest BCUT2D eigenvalue weighted by atomic mass is 9.97. The van der Waals surface area contributed by atoms with E-state index in [4.69, 9.17) is 0 Å². The minimum Gasteiger partial charge on any atom is -0.373 e. The maximum atomic E-state index is 13.2. The fourth-order valence-electron chi connectivity index (χ4n) is 3.13. The van der Waals surface area contributed by atoms with E-state index >= 15 is 0 Å². The van der Waals surface area contributed by atoms with Crippen molar-refractivity contribution in [1.82, 2.24) is 0 Å². The average molecular weight is 470 g/mol. The second-order valence-corrected chi connectivity index (χ2v) is 9.30. The van der Waals surface area contributed by atoms with Gasteiger partial charge in [0, 0.05) is 18.2 Å². The molecule has 32 heavy (non-hydrogen) atoms. The van der Waals surface area contributed by atoms with Crippen molar-refractivity contribution in [2.24, 2.45) is 0 Å². The fraction of sp³-hybridized carbons (Fsp3) is 0.250. The van der Waals surface area contributed by atoms with Gasteiger partial charge in [-0.2, -0.15) is 13.2 Å². The van der Waals surface area contributed by atoms with Crippen molar-refractivity contribution in [1.29, 1.82) is 0 Å². The molecule has 1 atom stereocenters. The molecule has 1 aliphatic rings. The summed E-state index contributed by atoms with van der Waals surface area (Å²) in [6.07, 6.45) is -5.31. The van der Waals surface area contributed by atoms with E-state index < -0.39 is 61.1 Å². The molecule has 1 unspecified atom stereocenters. The van der Waals surface area contributed by atoms with Crippen LogP contribution < -0.4 is 10.6 Å². The van der Waals surface area contributed by atoms with E-state index in [1.165, 1.54) is 25.1 Å². The Morgan fingerprint density at radius 3 is 2.34 bits per heavy atom. The number of sulfone groups is 1. The summed E-state index contributed by atoms with van der Waals surface area (Å²) in [6, 6.07) is 7.27. The molecule has 3 N–H and O–H groups in total. The number of benzene rings is 2. The quantitative estimate of drug-likeness (QED) is 0.632. The monoisotopic (exact) mass is 470 g/mol. The Morgan fingerprint density at radius 1 is 1.09 bits per heavy atom. The Balaban J connectivity index is 2.15. The molecular formula is C20H17F3N2O6S. The number of amides is 2. The number of carbonyl (C=O) groups excluding carboxylic acids is 3. The molecule has 0 radical (unpaired) electrons. The largest absolute Gasteiger partial charge is 0.426 e. The minimum absolute atomic E-state index is 0.0642. The topological polar surface area (TPSA) is 130 Å². The van der Waals surface area contributed by atoms with Gasteiger partial charge in [0.05, 0.1) is 21.9 Å². The van der Waals surface area contributed by atoms with Gasteiger partial charge in [-0.05, 0) is 42.8 Å². The molecule has 1 heterocycles. The number of rotatable bonds is 3. The Kier molecular flexibility index (Phi) is 5.64. The van der Waals surface area contributed by atoms with Crippen LogP contribution in [0.3, 0.4) is 0 Å². The normalized spacial score (nSPS) is 16.8. The summed E-state index contributed by atoms with van der Waals surface area (Å²) in [7, 11) is -4.16. The number of hydrogen-bond donors (Lipinski definition) is 3. The number of nitrogens with one attached hydrogen (secondary N) is 2. The first-order chi connectivity index (χ1) is 14.6. The van der Waals surface area contributed by atoms with E-state index in [0.717, 1.165) is 18.2 Å². The van der Waals surface area contributed by atoms with Crippen molar-refractivity contribution in [2.45, 2.75) is 36.3 Å². The van der Waals surface area contributed by atoms with E-state index in [2.05, 4.69) is 5.32 Å². The highest BCUT2D eigenvalue weighted by molar-refractivity contribution is 7.90. The van der Waals surface area contributed by atoms with E-state index in [1.54, 1.807) is 0 Å². The zero-order chi connectivity index (χ0) is 24.1. The van der Waals surface area contributed by atoms with Crippen molar-refractivity contribution in [2.75, 3.05) is 10.6 Å². The molecule has 3 rings (SSSR count). The van der Waals surface area contributed by atoms with Gasteiger partial charge in [-0.3, -0.25) is 14.4 Å². The van der Waals surface area contributed by atoms with Crippen molar-refractivity contribution in [3.63, 3.8) is 0 Å². The average Bonchev–Trinajstić information content (AvgIpc) is 2.73. The van der Waals surface area contributed by atoms with Crippen molar-refractivity contribution >= 4 is 38.8 Å². The molecule has 0 fully saturated rings. The lowest BCUT2D eigenvalue weighted by Gasteiger charge is -2.25. The van der Waals surface area contributed by atoms with Gasteiger partial charge in [0.1, 0.15) is 0 Å². The van der Waals surface area contributed by atoms with Crippen LogP contribution >= 0.6 is 0 Å². The Labute approximate surface area is 180 Å². The summed E-state index contributed by atoms with van der Waals surface area (Å²) in [4.78, 5) is 36.1. The first kappa shape index (κ1) is 23.4. The summed E-state index contributed by atoms with van der Waals surface area (Å²) in [5.41, 5.74) is -4.55. The fourth-order valence-corrected chi connectivity index (χ4v) is 4.74. The second kappa shape index (κ2) is 7.71. The molecule has 0 saturated carbocycles. The number of ketones is 1. The summed E-state index contributed by atoms with van der Waals surface area (Å²) < 4.78 is 64.9. The summed E-state index contributed by atoms with van der Waals surface area (Å²) in [6.45, 7) is 1.48. The van der Waals surface area contributed by atoms with Gasteiger partial charge in [-0.1, -0.05) is 6.07 Å². The first-order valence-corrected chi connectivity index (χ1v) is 10.7. The summed E-state index contributed by atoms with van der Waals surface area (Å²) in [5.74, 6) is -3.77. The Hall–Kier alpha value is -3.25. The van der Waals surface area contributed by atoms with Crippen LogP contribution in [-0.2, 0) is 25.2 Å². The number of alkyl halides is 3. The number of halogens is 3. The molecule has 0 spiro atoms. The van der Waals surface area contributed by atoms with Crippen molar-refractivity contribution in [3.05, 3.63) is 53.1 Å². The van der Waals surface area contributed by atoms with Gasteiger partial charge in [0.2, 0.25) is 11.5 Å². The Morgan fingerprint density at radius 2 is 1.75 bits per heavy atom. The molecule has 8 nitrogen and oxygen atoms in total.